The van der Waals surface area contributed by atoms with Crippen LogP contribution in [0.25, 0.3) is 0 Å². The smallest absolute Gasteiger partial charge is 0.252 e. The molecule has 0 saturated carbocycles. The molecular weight excluding hydrogens is 355 g/mol. The number of amides is 1. The highest BCUT2D eigenvalue weighted by Gasteiger charge is 2.38. The molecule has 1 N–H and O–H groups in total. The lowest BCUT2D eigenvalue weighted by Crippen LogP contribution is -2.61. The van der Waals surface area contributed by atoms with Gasteiger partial charge in [-0.15, -0.1) is 0 Å². The summed E-state index contributed by atoms with van der Waals surface area (Å²) in [5.74, 6) is -0.820. The quantitative estimate of drug-likeness (QED) is 0.782. The minimum atomic E-state index is -2.43. The molecule has 0 spiro atoms. The van der Waals surface area contributed by atoms with Crippen LogP contribution in [-0.4, -0.2) is 66.9 Å². The van der Waals surface area contributed by atoms with Crippen LogP contribution in [0.2, 0.25) is 0 Å². The fourth-order valence-electron chi connectivity index (χ4n) is 3.75. The van der Waals surface area contributed by atoms with E-state index in [1.165, 1.54) is 12.1 Å². The Morgan fingerprint density at radius 1 is 1.30 bits per heavy atom. The van der Waals surface area contributed by atoms with Gasteiger partial charge in [0.1, 0.15) is 5.82 Å². The van der Waals surface area contributed by atoms with Crippen molar-refractivity contribution in [2.75, 3.05) is 33.2 Å². The van der Waals surface area contributed by atoms with E-state index >= 15 is 0 Å². The van der Waals surface area contributed by atoms with Crippen molar-refractivity contribution in [2.24, 2.45) is 0 Å². The fourth-order valence-corrected chi connectivity index (χ4v) is 3.75. The number of carbonyl (C=O) groups is 1. The Hall–Kier alpha value is -1.60. The Morgan fingerprint density at radius 2 is 1.93 bits per heavy atom. The number of aryl methyl sites for hydroxylation is 1. The van der Waals surface area contributed by atoms with Crippen LogP contribution in [0.1, 0.15) is 42.6 Å². The molecule has 1 amide bonds. The van der Waals surface area contributed by atoms with Crippen LogP contribution in [0, 0.1) is 12.7 Å². The van der Waals surface area contributed by atoms with Crippen molar-refractivity contribution in [3.63, 3.8) is 0 Å². The molecule has 1 heterocycles. The van der Waals surface area contributed by atoms with E-state index in [4.69, 9.17) is 0 Å². The topological polar surface area (TPSA) is 35.6 Å². The zero-order valence-corrected chi connectivity index (χ0v) is 16.6. The van der Waals surface area contributed by atoms with Crippen LogP contribution in [-0.2, 0) is 0 Å². The predicted molar refractivity (Wildman–Crippen MR) is 101 cm³/mol. The standard InChI is InChI=1S/C20H30F3N3O/c1-14(2)26-9-7-20(8-10-26,13-25(4)12-18(22)23)24-19(27)17-11-16(21)6-5-15(17)3/h5-6,11,14,18H,7-10,12-13H2,1-4H3,(H,24,27). The molecule has 0 unspecified atom stereocenters. The average molecular weight is 385 g/mol. The highest BCUT2D eigenvalue weighted by atomic mass is 19.3. The lowest BCUT2D eigenvalue weighted by atomic mass is 9.85. The second kappa shape index (κ2) is 9.06. The first-order valence-electron chi connectivity index (χ1n) is 9.41. The molecule has 1 aromatic carbocycles. The Bertz CT molecular complexity index is 643. The van der Waals surface area contributed by atoms with E-state index in [0.29, 0.717) is 31.0 Å². The molecule has 7 heteroatoms. The second-order valence-corrected chi connectivity index (χ2v) is 7.91. The van der Waals surface area contributed by atoms with E-state index in [2.05, 4.69) is 24.1 Å². The van der Waals surface area contributed by atoms with Crippen LogP contribution >= 0.6 is 0 Å². The van der Waals surface area contributed by atoms with Crippen molar-refractivity contribution < 1.29 is 18.0 Å². The van der Waals surface area contributed by atoms with Crippen molar-refractivity contribution in [3.05, 3.63) is 35.1 Å². The fraction of sp³-hybridized carbons (Fsp3) is 0.650. The molecule has 1 fully saturated rings. The maximum absolute atomic E-state index is 13.6. The molecule has 27 heavy (non-hydrogen) atoms. The third-order valence-electron chi connectivity index (χ3n) is 5.33. The minimum Gasteiger partial charge on any atom is -0.345 e. The number of hydrogen-bond donors (Lipinski definition) is 1. The molecule has 1 aliphatic rings. The summed E-state index contributed by atoms with van der Waals surface area (Å²) in [5.41, 5.74) is 0.368. The number of likely N-dealkylation sites (N-methyl/N-ethyl adjacent to an activating group) is 1. The SMILES string of the molecule is Cc1ccc(F)cc1C(=O)NC1(CN(C)CC(F)F)CCN(C(C)C)CC1. The average Bonchev–Trinajstić information content (AvgIpc) is 2.56. The van der Waals surface area contributed by atoms with Crippen LogP contribution in [0.5, 0.6) is 0 Å². The number of benzene rings is 1. The van der Waals surface area contributed by atoms with Crippen LogP contribution < -0.4 is 5.32 Å². The van der Waals surface area contributed by atoms with Crippen LogP contribution in [0.3, 0.4) is 0 Å². The van der Waals surface area contributed by atoms with E-state index in [1.807, 2.05) is 0 Å². The third-order valence-corrected chi connectivity index (χ3v) is 5.33. The van der Waals surface area contributed by atoms with Gasteiger partial charge in [-0.1, -0.05) is 6.07 Å². The first-order valence-corrected chi connectivity index (χ1v) is 9.41. The maximum Gasteiger partial charge on any atom is 0.252 e. The van der Waals surface area contributed by atoms with Gasteiger partial charge in [0.15, 0.2) is 0 Å². The van der Waals surface area contributed by atoms with Crippen LogP contribution in [0.4, 0.5) is 13.2 Å². The molecule has 152 valence electrons. The molecule has 2 rings (SSSR count). The number of hydrogen-bond acceptors (Lipinski definition) is 3. The number of nitrogens with one attached hydrogen (secondary N) is 1. The normalized spacial score (nSPS) is 17.7. The summed E-state index contributed by atoms with van der Waals surface area (Å²) in [7, 11) is 1.64. The molecule has 1 aromatic rings. The third kappa shape index (κ3) is 5.94. The molecule has 0 bridgehead atoms. The van der Waals surface area contributed by atoms with E-state index in [9.17, 15) is 18.0 Å². The van der Waals surface area contributed by atoms with E-state index in [-0.39, 0.29) is 18.0 Å². The van der Waals surface area contributed by atoms with Crippen molar-refractivity contribution >= 4 is 5.91 Å². The lowest BCUT2D eigenvalue weighted by molar-refractivity contribution is 0.0504. The van der Waals surface area contributed by atoms with Gasteiger partial charge in [0.05, 0.1) is 12.1 Å². The van der Waals surface area contributed by atoms with Gasteiger partial charge in [-0.25, -0.2) is 13.2 Å². The second-order valence-electron chi connectivity index (χ2n) is 7.91. The maximum atomic E-state index is 13.6. The number of likely N-dealkylation sites (tertiary alicyclic amines) is 1. The molecule has 0 aromatic heterocycles. The molecule has 4 nitrogen and oxygen atoms in total. The van der Waals surface area contributed by atoms with Gasteiger partial charge in [0.2, 0.25) is 0 Å². The molecule has 0 atom stereocenters. The van der Waals surface area contributed by atoms with E-state index in [1.54, 1.807) is 24.9 Å². The van der Waals surface area contributed by atoms with E-state index in [0.717, 1.165) is 13.1 Å². The summed E-state index contributed by atoms with van der Waals surface area (Å²) in [4.78, 5) is 16.7. The highest BCUT2D eigenvalue weighted by molar-refractivity contribution is 5.96. The Labute approximate surface area is 159 Å². The lowest BCUT2D eigenvalue weighted by Gasteiger charge is -2.45. The van der Waals surface area contributed by atoms with Gasteiger partial charge in [-0.3, -0.25) is 9.69 Å². The monoisotopic (exact) mass is 385 g/mol. The first-order chi connectivity index (χ1) is 12.6. The number of piperidine rings is 1. The Morgan fingerprint density at radius 3 is 2.48 bits per heavy atom. The number of carbonyl (C=O) groups excluding carboxylic acids is 1. The molecule has 1 saturated heterocycles. The van der Waals surface area contributed by atoms with Gasteiger partial charge >= 0.3 is 0 Å². The summed E-state index contributed by atoms with van der Waals surface area (Å²) in [5, 5.41) is 3.06. The number of alkyl halides is 2. The van der Waals surface area contributed by atoms with Gasteiger partial charge < -0.3 is 10.2 Å². The molecule has 1 aliphatic heterocycles. The van der Waals surface area contributed by atoms with Gasteiger partial charge in [0, 0.05) is 31.2 Å². The van der Waals surface area contributed by atoms with Gasteiger partial charge in [-0.05, 0) is 58.4 Å². The van der Waals surface area contributed by atoms with Crippen LogP contribution in [0.15, 0.2) is 18.2 Å². The highest BCUT2D eigenvalue weighted by Crippen LogP contribution is 2.26. The summed E-state index contributed by atoms with van der Waals surface area (Å²) in [6.07, 6.45) is -1.10. The summed E-state index contributed by atoms with van der Waals surface area (Å²) >= 11 is 0. The zero-order valence-electron chi connectivity index (χ0n) is 16.6. The number of nitrogens with zero attached hydrogens (tertiary/aromatic N) is 2. The Kier molecular flexibility index (Phi) is 7.28. The minimum absolute atomic E-state index is 0.289. The van der Waals surface area contributed by atoms with Gasteiger partial charge in [0.25, 0.3) is 12.3 Å². The van der Waals surface area contributed by atoms with E-state index < -0.39 is 17.8 Å². The summed E-state index contributed by atoms with van der Waals surface area (Å²) in [6, 6.07) is 4.51. The van der Waals surface area contributed by atoms with Crippen molar-refractivity contribution in [1.82, 2.24) is 15.1 Å². The number of rotatable bonds is 7. The molecular formula is C20H30F3N3O. The largest absolute Gasteiger partial charge is 0.345 e. The molecule has 0 aliphatic carbocycles. The predicted octanol–water partition coefficient (Wildman–Crippen LogP) is 3.30. The van der Waals surface area contributed by atoms with Crippen molar-refractivity contribution in [3.8, 4) is 0 Å². The first kappa shape index (κ1) is 21.7. The Balaban J connectivity index is 2.19. The molecule has 0 radical (unpaired) electrons. The van der Waals surface area contributed by atoms with Crippen molar-refractivity contribution in [2.45, 2.75) is 51.6 Å². The van der Waals surface area contributed by atoms with Crippen molar-refractivity contribution in [1.29, 1.82) is 0 Å². The number of halogens is 3. The summed E-state index contributed by atoms with van der Waals surface area (Å²) < 4.78 is 39.2. The summed E-state index contributed by atoms with van der Waals surface area (Å²) in [6.45, 7) is 7.54. The van der Waals surface area contributed by atoms with Gasteiger partial charge in [-0.2, -0.15) is 0 Å². The zero-order chi connectivity index (χ0) is 20.2.